The Kier molecular flexibility index (Phi) is 5.92. The minimum absolute atomic E-state index is 0.184. The second-order valence-electron chi connectivity index (χ2n) is 7.45. The first-order chi connectivity index (χ1) is 13.6. The topological polar surface area (TPSA) is 49.9 Å². The summed E-state index contributed by atoms with van der Waals surface area (Å²) < 4.78 is 32.9. The van der Waals surface area contributed by atoms with Crippen LogP contribution in [0.2, 0.25) is 0 Å². The van der Waals surface area contributed by atoms with Gasteiger partial charge in [0.05, 0.1) is 19.3 Å². The predicted molar refractivity (Wildman–Crippen MR) is 110 cm³/mol. The van der Waals surface area contributed by atoms with E-state index in [1.54, 1.807) is 10.4 Å². The Morgan fingerprint density at radius 2 is 1.61 bits per heavy atom. The molecule has 0 saturated carbocycles. The van der Waals surface area contributed by atoms with Crippen LogP contribution in [0.1, 0.15) is 17.5 Å². The molecule has 2 aromatic rings. The fraction of sp³-hybridized carbons (Fsp3) is 0.364. The van der Waals surface area contributed by atoms with Crippen molar-refractivity contribution in [2.75, 3.05) is 19.7 Å². The Hall–Kier alpha value is -1.99. The number of ether oxygens (including phenoxy) is 1. The Bertz CT molecular complexity index is 900. The molecular formula is C22H26N2O3S. The van der Waals surface area contributed by atoms with Gasteiger partial charge >= 0.3 is 0 Å². The van der Waals surface area contributed by atoms with Crippen LogP contribution in [0.3, 0.4) is 0 Å². The van der Waals surface area contributed by atoms with E-state index in [4.69, 9.17) is 4.74 Å². The van der Waals surface area contributed by atoms with Crippen LogP contribution in [0.4, 0.5) is 0 Å². The maximum atomic E-state index is 12.7. The van der Waals surface area contributed by atoms with Crippen LogP contribution < -0.4 is 0 Å². The SMILES string of the molecule is O=S1(=O)C=CC[C@@H]2CN1[C@@H](COCc1ccccc1)CN2Cc1ccccc1. The Balaban J connectivity index is 1.48. The van der Waals surface area contributed by atoms with Crippen LogP contribution in [-0.2, 0) is 27.9 Å². The lowest BCUT2D eigenvalue weighted by Crippen LogP contribution is -2.59. The minimum atomic E-state index is -3.39. The summed E-state index contributed by atoms with van der Waals surface area (Å²) in [5.74, 6) is 0. The van der Waals surface area contributed by atoms with Crippen LogP contribution in [-0.4, -0.2) is 49.4 Å². The number of nitrogens with zero attached hydrogens (tertiary/aromatic N) is 2. The third kappa shape index (κ3) is 4.52. The zero-order valence-electron chi connectivity index (χ0n) is 15.9. The normalized spacial score (nSPS) is 26.6. The van der Waals surface area contributed by atoms with Gasteiger partial charge in [-0.1, -0.05) is 66.7 Å². The highest BCUT2D eigenvalue weighted by Crippen LogP contribution is 2.27. The standard InChI is InChI=1S/C22H26N2O3S/c25-28(26)13-7-12-21-16-24(28)22(18-27-17-20-10-5-2-6-11-20)15-23(21)14-19-8-3-1-4-9-19/h1-11,13,21-22H,12,14-18H2/t21-,22-/m1/s1. The van der Waals surface area contributed by atoms with E-state index in [9.17, 15) is 8.42 Å². The van der Waals surface area contributed by atoms with Crippen LogP contribution in [0, 0.1) is 0 Å². The van der Waals surface area contributed by atoms with Crippen molar-refractivity contribution in [3.63, 3.8) is 0 Å². The van der Waals surface area contributed by atoms with E-state index in [1.807, 2.05) is 48.5 Å². The van der Waals surface area contributed by atoms with Gasteiger partial charge in [0.15, 0.2) is 0 Å². The molecule has 1 fully saturated rings. The molecule has 2 aliphatic heterocycles. The van der Waals surface area contributed by atoms with Crippen LogP contribution in [0.15, 0.2) is 72.1 Å². The van der Waals surface area contributed by atoms with Crippen molar-refractivity contribution >= 4 is 10.0 Å². The van der Waals surface area contributed by atoms with Crippen molar-refractivity contribution in [1.82, 2.24) is 9.21 Å². The van der Waals surface area contributed by atoms with E-state index in [1.165, 1.54) is 11.0 Å². The van der Waals surface area contributed by atoms with Crippen molar-refractivity contribution in [3.05, 3.63) is 83.3 Å². The second kappa shape index (κ2) is 8.57. The summed E-state index contributed by atoms with van der Waals surface area (Å²) in [6.45, 7) is 2.89. The maximum Gasteiger partial charge on any atom is 0.236 e. The molecule has 3 atom stereocenters. The predicted octanol–water partition coefficient (Wildman–Crippen LogP) is 3.01. The molecule has 0 radical (unpaired) electrons. The first kappa shape index (κ1) is 19.3. The molecule has 28 heavy (non-hydrogen) atoms. The summed E-state index contributed by atoms with van der Waals surface area (Å²) >= 11 is 0. The van der Waals surface area contributed by atoms with Crippen molar-refractivity contribution in [1.29, 1.82) is 0 Å². The molecule has 1 saturated heterocycles. The summed E-state index contributed by atoms with van der Waals surface area (Å²) in [5.41, 5.74) is 2.34. The molecule has 2 heterocycles. The molecule has 1 unspecified atom stereocenters. The molecule has 0 aromatic heterocycles. The highest BCUT2D eigenvalue weighted by atomic mass is 32.2. The lowest BCUT2D eigenvalue weighted by molar-refractivity contribution is 0.0139. The van der Waals surface area contributed by atoms with E-state index in [2.05, 4.69) is 17.0 Å². The summed E-state index contributed by atoms with van der Waals surface area (Å²) in [6, 6.07) is 20.3. The summed E-state index contributed by atoms with van der Waals surface area (Å²) in [4.78, 5) is 2.40. The van der Waals surface area contributed by atoms with Crippen molar-refractivity contribution in [3.8, 4) is 0 Å². The highest BCUT2D eigenvalue weighted by Gasteiger charge is 2.40. The van der Waals surface area contributed by atoms with E-state index < -0.39 is 10.0 Å². The summed E-state index contributed by atoms with van der Waals surface area (Å²) in [7, 11) is -3.39. The average molecular weight is 399 g/mol. The Morgan fingerprint density at radius 1 is 0.929 bits per heavy atom. The van der Waals surface area contributed by atoms with Crippen molar-refractivity contribution < 1.29 is 13.2 Å². The number of rotatable bonds is 6. The zero-order valence-corrected chi connectivity index (χ0v) is 16.7. The Labute approximate surface area is 167 Å². The first-order valence-corrected chi connectivity index (χ1v) is 11.2. The Morgan fingerprint density at radius 3 is 2.32 bits per heavy atom. The third-order valence-electron chi connectivity index (χ3n) is 5.41. The number of hydrogen-bond acceptors (Lipinski definition) is 4. The average Bonchev–Trinajstić information content (AvgIpc) is 2.83. The molecule has 2 bridgehead atoms. The molecule has 0 aliphatic carbocycles. The molecule has 4 rings (SSSR count). The van der Waals surface area contributed by atoms with Gasteiger partial charge in [0.25, 0.3) is 0 Å². The molecule has 0 spiro atoms. The van der Waals surface area contributed by atoms with Crippen LogP contribution in [0.25, 0.3) is 0 Å². The summed E-state index contributed by atoms with van der Waals surface area (Å²) in [5, 5.41) is 1.36. The number of hydrogen-bond donors (Lipinski definition) is 0. The second-order valence-corrected chi connectivity index (χ2v) is 9.22. The smallest absolute Gasteiger partial charge is 0.236 e. The largest absolute Gasteiger partial charge is 0.375 e. The number of benzene rings is 2. The molecule has 0 amide bonds. The first-order valence-electron chi connectivity index (χ1n) is 9.70. The van der Waals surface area contributed by atoms with E-state index in [0.717, 1.165) is 18.5 Å². The van der Waals surface area contributed by atoms with Crippen LogP contribution >= 0.6 is 0 Å². The zero-order chi connectivity index (χ0) is 19.4. The molecule has 6 heteroatoms. The quantitative estimate of drug-likeness (QED) is 0.751. The van der Waals surface area contributed by atoms with E-state index in [0.29, 0.717) is 26.3 Å². The van der Waals surface area contributed by atoms with Gasteiger partial charge < -0.3 is 4.74 Å². The fourth-order valence-electron chi connectivity index (χ4n) is 3.97. The number of piperazine rings is 1. The molecule has 2 aromatic carbocycles. The summed E-state index contributed by atoms with van der Waals surface area (Å²) in [6.07, 6.45) is 2.55. The fourth-order valence-corrected chi connectivity index (χ4v) is 5.40. The van der Waals surface area contributed by atoms with Gasteiger partial charge in [-0.15, -0.1) is 0 Å². The molecule has 0 N–H and O–H groups in total. The van der Waals surface area contributed by atoms with Gasteiger partial charge in [0.1, 0.15) is 0 Å². The van der Waals surface area contributed by atoms with Gasteiger partial charge in [-0.25, -0.2) is 8.42 Å². The molecule has 148 valence electrons. The molecule has 2 aliphatic rings. The van der Waals surface area contributed by atoms with Gasteiger partial charge in [0, 0.05) is 31.1 Å². The third-order valence-corrected chi connectivity index (χ3v) is 7.05. The highest BCUT2D eigenvalue weighted by molar-refractivity contribution is 7.92. The van der Waals surface area contributed by atoms with Gasteiger partial charge in [-0.2, -0.15) is 4.31 Å². The molecule has 5 nitrogen and oxygen atoms in total. The minimum Gasteiger partial charge on any atom is -0.375 e. The van der Waals surface area contributed by atoms with Crippen molar-refractivity contribution in [2.24, 2.45) is 0 Å². The lowest BCUT2D eigenvalue weighted by atomic mass is 10.0. The van der Waals surface area contributed by atoms with E-state index in [-0.39, 0.29) is 12.1 Å². The monoisotopic (exact) mass is 398 g/mol. The van der Waals surface area contributed by atoms with E-state index >= 15 is 0 Å². The van der Waals surface area contributed by atoms with Gasteiger partial charge in [0.2, 0.25) is 10.0 Å². The van der Waals surface area contributed by atoms with Gasteiger partial charge in [-0.3, -0.25) is 4.90 Å². The lowest BCUT2D eigenvalue weighted by Gasteiger charge is -2.44. The number of sulfonamides is 1. The molecular weight excluding hydrogens is 372 g/mol. The van der Waals surface area contributed by atoms with Crippen LogP contribution in [0.5, 0.6) is 0 Å². The van der Waals surface area contributed by atoms with Crippen molar-refractivity contribution in [2.45, 2.75) is 31.7 Å². The number of fused-ring (bicyclic) bond motifs is 2. The van der Waals surface area contributed by atoms with Gasteiger partial charge in [-0.05, 0) is 17.5 Å². The maximum absolute atomic E-state index is 12.7.